The lowest BCUT2D eigenvalue weighted by molar-refractivity contribution is -0.119. The number of rotatable bonds is 6. The number of benzene rings is 1. The van der Waals surface area contributed by atoms with Gasteiger partial charge in [0.1, 0.15) is 0 Å². The Morgan fingerprint density at radius 2 is 1.90 bits per heavy atom. The Labute approximate surface area is 135 Å². The Kier molecular flexibility index (Phi) is 6.63. The first-order chi connectivity index (χ1) is 9.27. The van der Waals surface area contributed by atoms with Gasteiger partial charge in [-0.2, -0.15) is 0 Å². The van der Waals surface area contributed by atoms with Gasteiger partial charge in [0.15, 0.2) is 0 Å². The van der Waals surface area contributed by atoms with Gasteiger partial charge in [-0.3, -0.25) is 4.79 Å². The molecular formula is C12H16Br2N2O3S. The summed E-state index contributed by atoms with van der Waals surface area (Å²) in [6, 6.07) is 3.21. The molecule has 0 saturated carbocycles. The minimum absolute atomic E-state index is 0.0956. The van der Waals surface area contributed by atoms with Crippen LogP contribution in [0.5, 0.6) is 0 Å². The summed E-state index contributed by atoms with van der Waals surface area (Å²) in [5, 5.41) is 2.60. The zero-order valence-electron chi connectivity index (χ0n) is 11.2. The summed E-state index contributed by atoms with van der Waals surface area (Å²) in [5.41, 5.74) is 0.913. The Hall–Kier alpha value is -0.440. The minimum Gasteiger partial charge on any atom is -0.355 e. The lowest BCUT2D eigenvalue weighted by Gasteiger charge is -2.10. The van der Waals surface area contributed by atoms with Crippen LogP contribution in [-0.4, -0.2) is 27.4 Å². The van der Waals surface area contributed by atoms with E-state index in [1.807, 2.05) is 13.8 Å². The van der Waals surface area contributed by atoms with Gasteiger partial charge < -0.3 is 5.32 Å². The molecule has 1 rings (SSSR count). The number of carbonyl (C=O) groups is 1. The van der Waals surface area contributed by atoms with Crippen molar-refractivity contribution in [3.05, 3.63) is 26.6 Å². The molecule has 0 spiro atoms. The van der Waals surface area contributed by atoms with Crippen molar-refractivity contribution in [1.29, 1.82) is 0 Å². The maximum absolute atomic E-state index is 12.2. The van der Waals surface area contributed by atoms with Crippen molar-refractivity contribution < 1.29 is 13.2 Å². The summed E-state index contributed by atoms with van der Waals surface area (Å²) in [6.45, 7) is 4.03. The number of hydrogen-bond acceptors (Lipinski definition) is 3. The quantitative estimate of drug-likeness (QED) is 0.731. The highest BCUT2D eigenvalue weighted by molar-refractivity contribution is 9.11. The summed E-state index contributed by atoms with van der Waals surface area (Å²) in [7, 11) is -3.74. The highest BCUT2D eigenvalue weighted by Gasteiger charge is 2.19. The fourth-order valence-electron chi connectivity index (χ4n) is 1.40. The van der Waals surface area contributed by atoms with Crippen LogP contribution in [0.2, 0.25) is 0 Å². The molecule has 0 bridgehead atoms. The molecule has 2 N–H and O–H groups in total. The molecule has 20 heavy (non-hydrogen) atoms. The van der Waals surface area contributed by atoms with E-state index in [9.17, 15) is 13.2 Å². The van der Waals surface area contributed by atoms with Crippen molar-refractivity contribution in [2.24, 2.45) is 0 Å². The van der Waals surface area contributed by atoms with E-state index in [1.54, 1.807) is 6.07 Å². The largest absolute Gasteiger partial charge is 0.355 e. The van der Waals surface area contributed by atoms with Gasteiger partial charge in [0.05, 0.1) is 11.4 Å². The van der Waals surface area contributed by atoms with Crippen LogP contribution in [0.1, 0.15) is 18.9 Å². The van der Waals surface area contributed by atoms with Gasteiger partial charge in [-0.05, 0) is 47.0 Å². The molecule has 1 amide bonds. The Morgan fingerprint density at radius 1 is 1.25 bits per heavy atom. The molecule has 1 aromatic carbocycles. The SMILES string of the molecule is CCCNC(=O)CNS(=O)(=O)c1cc(Br)c(C)cc1Br. The first-order valence-corrected chi connectivity index (χ1v) is 9.07. The molecule has 112 valence electrons. The smallest absolute Gasteiger partial charge is 0.242 e. The van der Waals surface area contributed by atoms with Gasteiger partial charge in [-0.25, -0.2) is 13.1 Å². The average molecular weight is 428 g/mol. The number of aryl methyl sites for hydroxylation is 1. The third kappa shape index (κ3) is 4.83. The minimum atomic E-state index is -3.74. The highest BCUT2D eigenvalue weighted by atomic mass is 79.9. The van der Waals surface area contributed by atoms with E-state index in [4.69, 9.17) is 0 Å². The van der Waals surface area contributed by atoms with Gasteiger partial charge in [-0.15, -0.1) is 0 Å². The van der Waals surface area contributed by atoms with Crippen LogP contribution in [0, 0.1) is 6.92 Å². The molecular weight excluding hydrogens is 412 g/mol. The molecule has 0 heterocycles. The summed E-state index contributed by atoms with van der Waals surface area (Å²) >= 11 is 6.52. The van der Waals surface area contributed by atoms with Gasteiger partial charge >= 0.3 is 0 Å². The Bertz CT molecular complexity index is 603. The Morgan fingerprint density at radius 3 is 2.50 bits per heavy atom. The van der Waals surface area contributed by atoms with Gasteiger partial charge in [0.25, 0.3) is 0 Å². The Balaban J connectivity index is 2.84. The van der Waals surface area contributed by atoms with E-state index >= 15 is 0 Å². The molecule has 5 nitrogen and oxygen atoms in total. The number of hydrogen-bond donors (Lipinski definition) is 2. The standard InChI is InChI=1S/C12H16Br2N2O3S/c1-3-4-15-12(17)7-16-20(18,19)11-6-9(13)8(2)5-10(11)14/h5-6,16H,3-4,7H2,1-2H3,(H,15,17). The van der Waals surface area contributed by atoms with Crippen molar-refractivity contribution in [2.75, 3.05) is 13.1 Å². The lowest BCUT2D eigenvalue weighted by Crippen LogP contribution is -2.37. The second kappa shape index (κ2) is 7.53. The molecule has 0 aliphatic carbocycles. The van der Waals surface area contributed by atoms with Crippen molar-refractivity contribution in [2.45, 2.75) is 25.2 Å². The van der Waals surface area contributed by atoms with Crippen LogP contribution in [0.3, 0.4) is 0 Å². The van der Waals surface area contributed by atoms with E-state index in [1.165, 1.54) is 6.07 Å². The van der Waals surface area contributed by atoms with Crippen molar-refractivity contribution in [1.82, 2.24) is 10.0 Å². The normalized spacial score (nSPS) is 11.4. The van der Waals surface area contributed by atoms with Crippen LogP contribution in [-0.2, 0) is 14.8 Å². The summed E-state index contributed by atoms with van der Waals surface area (Å²) in [6.07, 6.45) is 0.801. The average Bonchev–Trinajstić information content (AvgIpc) is 2.38. The maximum atomic E-state index is 12.2. The van der Waals surface area contributed by atoms with E-state index in [0.717, 1.165) is 12.0 Å². The number of halogens is 2. The predicted octanol–water partition coefficient (Wildman–Crippen LogP) is 2.32. The molecule has 1 aromatic rings. The number of carbonyl (C=O) groups excluding carboxylic acids is 1. The highest BCUT2D eigenvalue weighted by Crippen LogP contribution is 2.28. The molecule has 0 unspecified atom stereocenters. The first-order valence-electron chi connectivity index (χ1n) is 6.00. The van der Waals surface area contributed by atoms with Crippen molar-refractivity contribution >= 4 is 47.8 Å². The van der Waals surface area contributed by atoms with Gasteiger partial charge in [-0.1, -0.05) is 22.9 Å². The molecule has 0 aromatic heterocycles. The molecule has 0 atom stereocenters. The number of amides is 1. The van der Waals surface area contributed by atoms with Crippen LogP contribution in [0.25, 0.3) is 0 Å². The summed E-state index contributed by atoms with van der Waals surface area (Å²) in [4.78, 5) is 11.5. The zero-order chi connectivity index (χ0) is 15.3. The van der Waals surface area contributed by atoms with E-state index in [0.29, 0.717) is 15.5 Å². The van der Waals surface area contributed by atoms with E-state index in [-0.39, 0.29) is 17.3 Å². The number of sulfonamides is 1. The van der Waals surface area contributed by atoms with Crippen LogP contribution >= 0.6 is 31.9 Å². The topological polar surface area (TPSA) is 75.3 Å². The second-order valence-corrected chi connectivity index (χ2v) is 7.65. The molecule has 8 heteroatoms. The third-order valence-corrected chi connectivity index (χ3v) is 5.71. The molecule has 0 aliphatic heterocycles. The first kappa shape index (κ1) is 17.6. The third-order valence-electron chi connectivity index (χ3n) is 2.50. The van der Waals surface area contributed by atoms with Crippen LogP contribution in [0.15, 0.2) is 26.0 Å². The fraction of sp³-hybridized carbons (Fsp3) is 0.417. The van der Waals surface area contributed by atoms with E-state index < -0.39 is 10.0 Å². The van der Waals surface area contributed by atoms with Crippen molar-refractivity contribution in [3.63, 3.8) is 0 Å². The van der Waals surface area contributed by atoms with Crippen molar-refractivity contribution in [3.8, 4) is 0 Å². The van der Waals surface area contributed by atoms with Crippen LogP contribution in [0.4, 0.5) is 0 Å². The van der Waals surface area contributed by atoms with Gasteiger partial charge in [0, 0.05) is 15.5 Å². The summed E-state index contributed by atoms with van der Waals surface area (Å²) in [5.74, 6) is -0.349. The summed E-state index contributed by atoms with van der Waals surface area (Å²) < 4.78 is 27.7. The lowest BCUT2D eigenvalue weighted by atomic mass is 10.2. The molecule has 0 saturated heterocycles. The molecule has 0 fully saturated rings. The monoisotopic (exact) mass is 426 g/mol. The fourth-order valence-corrected chi connectivity index (χ4v) is 4.06. The maximum Gasteiger partial charge on any atom is 0.242 e. The molecule has 0 radical (unpaired) electrons. The molecule has 0 aliphatic rings. The second-order valence-electron chi connectivity index (χ2n) is 4.21. The zero-order valence-corrected chi connectivity index (χ0v) is 15.2. The van der Waals surface area contributed by atoms with Crippen LogP contribution < -0.4 is 10.0 Å². The van der Waals surface area contributed by atoms with E-state index in [2.05, 4.69) is 41.9 Å². The number of nitrogens with one attached hydrogen (secondary N) is 2. The van der Waals surface area contributed by atoms with Gasteiger partial charge in [0.2, 0.25) is 15.9 Å². The predicted molar refractivity (Wildman–Crippen MR) is 85.1 cm³/mol.